The Kier molecular flexibility index (Phi) is 6.73. The van der Waals surface area contributed by atoms with E-state index in [1.54, 1.807) is 0 Å². The van der Waals surface area contributed by atoms with Gasteiger partial charge in [-0.25, -0.2) is 0 Å². The molecule has 1 aromatic heterocycles. The molecule has 2 aromatic rings. The van der Waals surface area contributed by atoms with Crippen molar-refractivity contribution in [2.45, 2.75) is 95.6 Å². The molecule has 0 amide bonds. The van der Waals surface area contributed by atoms with Gasteiger partial charge in [0, 0.05) is 47.5 Å². The number of methoxy groups -OCH3 is 1. The fourth-order valence-corrected chi connectivity index (χ4v) is 5.88. The monoisotopic (exact) mass is 456 g/mol. The van der Waals surface area contributed by atoms with Crippen molar-refractivity contribution in [3.8, 4) is 17.0 Å². The normalized spacial score (nSPS) is 22.0. The number of rotatable bonds is 5. The van der Waals surface area contributed by atoms with E-state index < -0.39 is 0 Å². The summed E-state index contributed by atoms with van der Waals surface area (Å²) in [5, 5.41) is 6.08. The van der Waals surface area contributed by atoms with E-state index in [9.17, 15) is 0 Å². The third kappa shape index (κ3) is 4.36. The van der Waals surface area contributed by atoms with Gasteiger partial charge in [0.1, 0.15) is 5.75 Å². The second-order valence-corrected chi connectivity index (χ2v) is 11.6. The lowest BCUT2D eigenvalue weighted by molar-refractivity contribution is -0.0294. The van der Waals surface area contributed by atoms with Crippen LogP contribution in [-0.2, 0) is 22.3 Å². The molecule has 4 nitrogen and oxygen atoms in total. The van der Waals surface area contributed by atoms with Crippen molar-refractivity contribution >= 4 is 11.9 Å². The van der Waals surface area contributed by atoms with Crippen LogP contribution in [-0.4, -0.2) is 18.3 Å². The van der Waals surface area contributed by atoms with Gasteiger partial charge in [0.25, 0.3) is 0 Å². The fraction of sp³-hybridized carbons (Fsp3) is 0.630. The Morgan fingerprint density at radius 3 is 2.53 bits per heavy atom. The molecule has 0 bridgehead atoms. The van der Waals surface area contributed by atoms with Gasteiger partial charge in [-0.1, -0.05) is 40.0 Å². The van der Waals surface area contributed by atoms with Crippen LogP contribution in [0, 0.1) is 12.8 Å². The molecule has 1 unspecified atom stereocenters. The average molecular weight is 457 g/mol. The number of aromatic nitrogens is 1. The first kappa shape index (κ1) is 23.7. The second-order valence-electron chi connectivity index (χ2n) is 10.9. The maximum Gasteiger partial charge on any atom is 0.129 e. The van der Waals surface area contributed by atoms with Crippen LogP contribution in [0.15, 0.2) is 23.1 Å². The minimum atomic E-state index is -0.342. The predicted octanol–water partition coefficient (Wildman–Crippen LogP) is 6.95. The summed E-state index contributed by atoms with van der Waals surface area (Å²) in [5.74, 6) is 1.75. The van der Waals surface area contributed by atoms with Crippen LogP contribution in [0.2, 0.25) is 0 Å². The number of fused-ring (bicyclic) bond motifs is 1. The SMILES string of the molecule is COC1(C)CCOc2c(C(C)(C)C)cc(-c3cc(SN)c(C)n3CC3CCCCC3)cc21. The molecule has 0 spiro atoms. The molecule has 1 aliphatic heterocycles. The van der Waals surface area contributed by atoms with Gasteiger partial charge in [-0.3, -0.25) is 5.14 Å². The Hall–Kier alpha value is -1.43. The molecule has 1 saturated carbocycles. The largest absolute Gasteiger partial charge is 0.493 e. The zero-order chi connectivity index (χ0) is 23.1. The highest BCUT2D eigenvalue weighted by Crippen LogP contribution is 2.47. The van der Waals surface area contributed by atoms with Crippen LogP contribution in [0.4, 0.5) is 0 Å². The first-order valence-corrected chi connectivity index (χ1v) is 13.0. The van der Waals surface area contributed by atoms with E-state index in [0.717, 1.165) is 29.5 Å². The lowest BCUT2D eigenvalue weighted by Gasteiger charge is -2.38. The van der Waals surface area contributed by atoms with Crippen molar-refractivity contribution in [3.05, 3.63) is 35.0 Å². The highest BCUT2D eigenvalue weighted by molar-refractivity contribution is 7.97. The van der Waals surface area contributed by atoms with Crippen LogP contribution in [0.5, 0.6) is 5.75 Å². The van der Waals surface area contributed by atoms with Crippen LogP contribution >= 0.6 is 11.9 Å². The molecule has 0 radical (unpaired) electrons. The second kappa shape index (κ2) is 9.08. The van der Waals surface area contributed by atoms with Crippen molar-refractivity contribution in [3.63, 3.8) is 0 Å². The Morgan fingerprint density at radius 1 is 1.19 bits per heavy atom. The molecule has 32 heavy (non-hydrogen) atoms. The third-order valence-electron chi connectivity index (χ3n) is 7.65. The summed E-state index contributed by atoms with van der Waals surface area (Å²) in [7, 11) is 1.82. The number of nitrogens with two attached hydrogens (primary N) is 1. The van der Waals surface area contributed by atoms with E-state index in [0.29, 0.717) is 6.61 Å². The molecule has 2 aliphatic rings. The maximum atomic E-state index is 6.26. The molecule has 2 N–H and O–H groups in total. The molecule has 0 saturated heterocycles. The molecule has 2 heterocycles. The standard InChI is InChI=1S/C27H40N2O2S/c1-18-24(32-28)16-23(29(18)17-19-10-8-7-9-11-19)20-14-21(26(2,3)4)25-22(15-20)27(5,30-6)12-13-31-25/h14-16,19H,7-13,17,28H2,1-6H3. The first-order chi connectivity index (χ1) is 15.2. The summed E-state index contributed by atoms with van der Waals surface area (Å²) in [5.41, 5.74) is 5.81. The summed E-state index contributed by atoms with van der Waals surface area (Å²) in [6.07, 6.45) is 7.61. The minimum absolute atomic E-state index is 0.0344. The predicted molar refractivity (Wildman–Crippen MR) is 134 cm³/mol. The van der Waals surface area contributed by atoms with Crippen LogP contribution in [0.1, 0.15) is 83.0 Å². The van der Waals surface area contributed by atoms with Gasteiger partial charge in [0.05, 0.1) is 12.2 Å². The first-order valence-electron chi connectivity index (χ1n) is 12.1. The fourth-order valence-electron chi connectivity index (χ4n) is 5.42. The highest BCUT2D eigenvalue weighted by atomic mass is 32.2. The number of hydrogen-bond acceptors (Lipinski definition) is 4. The van der Waals surface area contributed by atoms with Gasteiger partial charge >= 0.3 is 0 Å². The van der Waals surface area contributed by atoms with Crippen molar-refractivity contribution in [2.75, 3.05) is 13.7 Å². The average Bonchev–Trinajstić information content (AvgIpc) is 3.09. The van der Waals surface area contributed by atoms with E-state index in [1.165, 1.54) is 72.1 Å². The quantitative estimate of drug-likeness (QED) is 0.495. The molecule has 4 rings (SSSR count). The smallest absolute Gasteiger partial charge is 0.129 e. The zero-order valence-electron chi connectivity index (χ0n) is 20.7. The maximum absolute atomic E-state index is 6.26. The van der Waals surface area contributed by atoms with E-state index in [-0.39, 0.29) is 11.0 Å². The zero-order valence-corrected chi connectivity index (χ0v) is 21.5. The minimum Gasteiger partial charge on any atom is -0.493 e. The Balaban J connectivity index is 1.89. The summed E-state index contributed by atoms with van der Waals surface area (Å²) in [4.78, 5) is 1.16. The third-order valence-corrected chi connectivity index (χ3v) is 8.32. The molecular formula is C27H40N2O2S. The summed E-state index contributed by atoms with van der Waals surface area (Å²) < 4.78 is 14.8. The number of ether oxygens (including phenoxy) is 2. The van der Waals surface area contributed by atoms with E-state index in [1.807, 2.05) is 7.11 Å². The van der Waals surface area contributed by atoms with Crippen LogP contribution in [0.25, 0.3) is 11.3 Å². The molecule has 1 atom stereocenters. The number of hydrogen-bond donors (Lipinski definition) is 1. The molecule has 1 aliphatic carbocycles. The molecule has 1 aromatic carbocycles. The van der Waals surface area contributed by atoms with Gasteiger partial charge < -0.3 is 14.0 Å². The van der Waals surface area contributed by atoms with Gasteiger partial charge in [-0.05, 0) is 73.7 Å². The topological polar surface area (TPSA) is 49.4 Å². The molecule has 5 heteroatoms. The lowest BCUT2D eigenvalue weighted by atomic mass is 9.79. The molecule has 176 valence electrons. The van der Waals surface area contributed by atoms with Gasteiger partial charge in [-0.2, -0.15) is 0 Å². The number of nitrogens with zero attached hydrogens (tertiary/aromatic N) is 1. The Morgan fingerprint density at radius 2 is 1.91 bits per heavy atom. The van der Waals surface area contributed by atoms with Crippen molar-refractivity contribution in [1.29, 1.82) is 0 Å². The van der Waals surface area contributed by atoms with E-state index in [2.05, 4.69) is 57.4 Å². The number of benzene rings is 1. The van der Waals surface area contributed by atoms with Crippen molar-refractivity contribution in [2.24, 2.45) is 11.1 Å². The van der Waals surface area contributed by atoms with Gasteiger partial charge in [-0.15, -0.1) is 0 Å². The van der Waals surface area contributed by atoms with Gasteiger partial charge in [0.15, 0.2) is 0 Å². The van der Waals surface area contributed by atoms with Gasteiger partial charge in [0.2, 0.25) is 0 Å². The Bertz CT molecular complexity index is 969. The van der Waals surface area contributed by atoms with Crippen LogP contribution < -0.4 is 9.88 Å². The summed E-state index contributed by atoms with van der Waals surface area (Å²) >= 11 is 1.36. The van der Waals surface area contributed by atoms with E-state index >= 15 is 0 Å². The van der Waals surface area contributed by atoms with Crippen LogP contribution in [0.3, 0.4) is 0 Å². The van der Waals surface area contributed by atoms with E-state index in [4.69, 9.17) is 14.6 Å². The summed E-state index contributed by atoms with van der Waals surface area (Å²) in [6.45, 7) is 13.0. The van der Waals surface area contributed by atoms with Crippen molar-refractivity contribution < 1.29 is 9.47 Å². The Labute approximate surface area is 198 Å². The van der Waals surface area contributed by atoms with Crippen molar-refractivity contribution in [1.82, 2.24) is 4.57 Å². The molecular weight excluding hydrogens is 416 g/mol. The highest BCUT2D eigenvalue weighted by Gasteiger charge is 2.37. The lowest BCUT2D eigenvalue weighted by Crippen LogP contribution is -2.33. The summed E-state index contributed by atoms with van der Waals surface area (Å²) in [6, 6.07) is 6.94. The molecule has 1 fully saturated rings.